The van der Waals surface area contributed by atoms with Crippen LogP contribution in [0.3, 0.4) is 0 Å². The van der Waals surface area contributed by atoms with Crippen molar-refractivity contribution < 1.29 is 9.90 Å². The van der Waals surface area contributed by atoms with Gasteiger partial charge in [0.1, 0.15) is 0 Å². The summed E-state index contributed by atoms with van der Waals surface area (Å²) in [6.07, 6.45) is 11.6. The van der Waals surface area contributed by atoms with Gasteiger partial charge in [0.05, 0.1) is 6.10 Å². The van der Waals surface area contributed by atoms with Gasteiger partial charge in [-0.3, -0.25) is 4.79 Å². The molecule has 2 N–H and O–H groups in total. The molecule has 0 bridgehead atoms. The van der Waals surface area contributed by atoms with Crippen molar-refractivity contribution in [2.45, 2.75) is 71.4 Å². The highest BCUT2D eigenvalue weighted by Gasteiger charge is 2.21. The van der Waals surface area contributed by atoms with Gasteiger partial charge in [0.15, 0.2) is 0 Å². The molecule has 0 aromatic heterocycles. The van der Waals surface area contributed by atoms with E-state index in [0.29, 0.717) is 6.04 Å². The summed E-state index contributed by atoms with van der Waals surface area (Å²) >= 11 is 0. The molecule has 3 heteroatoms. The van der Waals surface area contributed by atoms with Gasteiger partial charge in [0.25, 0.3) is 0 Å². The van der Waals surface area contributed by atoms with Crippen LogP contribution in [0.15, 0.2) is 23.8 Å². The average Bonchev–Trinajstić information content (AvgIpc) is 2.44. The molecule has 0 saturated heterocycles. The van der Waals surface area contributed by atoms with E-state index in [4.69, 9.17) is 5.11 Å². The lowest BCUT2D eigenvalue weighted by Crippen LogP contribution is -2.36. The van der Waals surface area contributed by atoms with E-state index in [1.165, 1.54) is 37.0 Å². The first-order valence-electron chi connectivity index (χ1n) is 7.83. The molecule has 1 atom stereocenters. The van der Waals surface area contributed by atoms with E-state index in [-0.39, 0.29) is 5.91 Å². The van der Waals surface area contributed by atoms with Crippen molar-refractivity contribution in [3.8, 4) is 0 Å². The standard InChI is InChI=1S/C17H29NO2/c1-4-13(2)5-7-15-8-10-16(11-9-15)18-17(20)12-6-14(3)19/h5-6,12,14-16,19H,4,7-11H2,1-3H3,(H,18,20)/b12-6-,13-5+/t14-,15?,16?/m0/s1. The maximum absolute atomic E-state index is 11.6. The van der Waals surface area contributed by atoms with Crippen LogP contribution in [0.25, 0.3) is 0 Å². The molecular formula is C17H29NO2. The van der Waals surface area contributed by atoms with Crippen LogP contribution in [0, 0.1) is 5.92 Å². The summed E-state index contributed by atoms with van der Waals surface area (Å²) in [7, 11) is 0. The van der Waals surface area contributed by atoms with Crippen LogP contribution in [0.5, 0.6) is 0 Å². The molecule has 1 fully saturated rings. The average molecular weight is 279 g/mol. The number of nitrogens with one attached hydrogen (secondary N) is 1. The lowest BCUT2D eigenvalue weighted by molar-refractivity contribution is -0.117. The predicted octanol–water partition coefficient (Wildman–Crippen LogP) is 3.34. The molecule has 114 valence electrons. The fourth-order valence-electron chi connectivity index (χ4n) is 2.53. The van der Waals surface area contributed by atoms with Gasteiger partial charge in [0, 0.05) is 12.1 Å². The summed E-state index contributed by atoms with van der Waals surface area (Å²) in [5.41, 5.74) is 1.48. The molecule has 1 saturated carbocycles. The van der Waals surface area contributed by atoms with Crippen molar-refractivity contribution in [1.82, 2.24) is 5.32 Å². The van der Waals surface area contributed by atoms with Crippen LogP contribution in [-0.4, -0.2) is 23.2 Å². The Morgan fingerprint density at radius 1 is 1.35 bits per heavy atom. The number of aliphatic hydroxyl groups excluding tert-OH is 1. The molecule has 0 radical (unpaired) electrons. The van der Waals surface area contributed by atoms with Crippen LogP contribution in [0.4, 0.5) is 0 Å². The summed E-state index contributed by atoms with van der Waals surface area (Å²) in [5, 5.41) is 12.1. The van der Waals surface area contributed by atoms with Crippen LogP contribution in [-0.2, 0) is 4.79 Å². The first-order valence-corrected chi connectivity index (χ1v) is 7.83. The molecular weight excluding hydrogens is 250 g/mol. The third-order valence-corrected chi connectivity index (χ3v) is 4.08. The van der Waals surface area contributed by atoms with Gasteiger partial charge in [0.2, 0.25) is 5.91 Å². The molecule has 1 amide bonds. The van der Waals surface area contributed by atoms with Crippen molar-refractivity contribution in [3.63, 3.8) is 0 Å². The fourth-order valence-corrected chi connectivity index (χ4v) is 2.53. The lowest BCUT2D eigenvalue weighted by atomic mass is 9.83. The Morgan fingerprint density at radius 2 is 2.00 bits per heavy atom. The van der Waals surface area contributed by atoms with E-state index in [1.807, 2.05) is 0 Å². The van der Waals surface area contributed by atoms with Gasteiger partial charge in [-0.2, -0.15) is 0 Å². The molecule has 20 heavy (non-hydrogen) atoms. The normalized spacial score (nSPS) is 25.7. The molecule has 1 rings (SSSR count). The highest BCUT2D eigenvalue weighted by atomic mass is 16.3. The second-order valence-electron chi connectivity index (χ2n) is 5.97. The molecule has 0 unspecified atom stereocenters. The second kappa shape index (κ2) is 8.96. The third-order valence-electron chi connectivity index (χ3n) is 4.08. The number of hydrogen-bond acceptors (Lipinski definition) is 2. The van der Waals surface area contributed by atoms with Gasteiger partial charge in [-0.25, -0.2) is 0 Å². The first-order chi connectivity index (χ1) is 9.51. The van der Waals surface area contributed by atoms with E-state index in [9.17, 15) is 4.79 Å². The Morgan fingerprint density at radius 3 is 2.55 bits per heavy atom. The van der Waals surface area contributed by atoms with Crippen LogP contribution in [0.2, 0.25) is 0 Å². The number of carbonyl (C=O) groups excluding carboxylic acids is 1. The maximum atomic E-state index is 11.6. The number of allylic oxidation sites excluding steroid dienone is 2. The highest BCUT2D eigenvalue weighted by molar-refractivity contribution is 5.87. The SMILES string of the molecule is CC/C(C)=C/CC1CCC(NC(=O)/C=C\[C@H](C)O)CC1. The van der Waals surface area contributed by atoms with E-state index in [0.717, 1.165) is 25.2 Å². The van der Waals surface area contributed by atoms with E-state index < -0.39 is 6.10 Å². The van der Waals surface area contributed by atoms with E-state index in [1.54, 1.807) is 6.92 Å². The number of carbonyl (C=O) groups is 1. The molecule has 0 aliphatic heterocycles. The van der Waals surface area contributed by atoms with Crippen LogP contribution >= 0.6 is 0 Å². The monoisotopic (exact) mass is 279 g/mol. The minimum Gasteiger partial charge on any atom is -0.389 e. The zero-order valence-electron chi connectivity index (χ0n) is 13.1. The van der Waals surface area contributed by atoms with Crippen molar-refractivity contribution >= 4 is 5.91 Å². The van der Waals surface area contributed by atoms with Crippen LogP contribution < -0.4 is 5.32 Å². The summed E-state index contributed by atoms with van der Waals surface area (Å²) in [5.74, 6) is 0.689. The Hall–Kier alpha value is -1.09. The summed E-state index contributed by atoms with van der Waals surface area (Å²) in [6, 6.07) is 0.300. The topological polar surface area (TPSA) is 49.3 Å². The molecule has 0 spiro atoms. The van der Waals surface area contributed by atoms with Gasteiger partial charge in [-0.1, -0.05) is 24.6 Å². The van der Waals surface area contributed by atoms with Crippen molar-refractivity contribution in [2.75, 3.05) is 0 Å². The Bertz CT molecular complexity index is 350. The van der Waals surface area contributed by atoms with E-state index >= 15 is 0 Å². The number of amides is 1. The molecule has 3 nitrogen and oxygen atoms in total. The smallest absolute Gasteiger partial charge is 0.243 e. The van der Waals surface area contributed by atoms with Crippen molar-refractivity contribution in [1.29, 1.82) is 0 Å². The van der Waals surface area contributed by atoms with Crippen molar-refractivity contribution in [2.24, 2.45) is 5.92 Å². The van der Waals surface area contributed by atoms with Crippen LogP contribution in [0.1, 0.15) is 59.3 Å². The maximum Gasteiger partial charge on any atom is 0.243 e. The molecule has 1 aliphatic rings. The summed E-state index contributed by atoms with van der Waals surface area (Å²) < 4.78 is 0. The van der Waals surface area contributed by atoms with E-state index in [2.05, 4.69) is 25.2 Å². The zero-order valence-corrected chi connectivity index (χ0v) is 13.1. The minimum absolute atomic E-state index is 0.0870. The van der Waals surface area contributed by atoms with Gasteiger partial charge in [-0.15, -0.1) is 0 Å². The summed E-state index contributed by atoms with van der Waals surface area (Å²) in [6.45, 7) is 6.03. The molecule has 0 heterocycles. The number of hydrogen-bond donors (Lipinski definition) is 2. The predicted molar refractivity (Wildman–Crippen MR) is 83.4 cm³/mol. The number of aliphatic hydroxyl groups is 1. The third kappa shape index (κ3) is 6.90. The second-order valence-corrected chi connectivity index (χ2v) is 5.97. The minimum atomic E-state index is -0.565. The Balaban J connectivity index is 2.27. The fraction of sp³-hybridized carbons (Fsp3) is 0.706. The highest BCUT2D eigenvalue weighted by Crippen LogP contribution is 2.27. The Kier molecular flexibility index (Phi) is 7.60. The largest absolute Gasteiger partial charge is 0.389 e. The van der Waals surface area contributed by atoms with Crippen molar-refractivity contribution in [3.05, 3.63) is 23.8 Å². The zero-order chi connectivity index (χ0) is 15.0. The number of rotatable bonds is 6. The molecule has 0 aromatic rings. The van der Waals surface area contributed by atoms with Gasteiger partial charge in [-0.05, 0) is 58.3 Å². The quantitative estimate of drug-likeness (QED) is 0.578. The Labute approximate surface area is 123 Å². The molecule has 0 aromatic carbocycles. The first kappa shape index (κ1) is 17.0. The summed E-state index contributed by atoms with van der Waals surface area (Å²) in [4.78, 5) is 11.6. The lowest BCUT2D eigenvalue weighted by Gasteiger charge is -2.28. The van der Waals surface area contributed by atoms with Gasteiger partial charge < -0.3 is 10.4 Å². The molecule has 1 aliphatic carbocycles. The van der Waals surface area contributed by atoms with Gasteiger partial charge >= 0.3 is 0 Å².